The highest BCUT2D eigenvalue weighted by Crippen LogP contribution is 2.23. The van der Waals surface area contributed by atoms with Crippen molar-refractivity contribution in [3.8, 4) is 0 Å². The lowest BCUT2D eigenvalue weighted by atomic mass is 10.0. The number of nitrogens with one attached hydrogen (secondary N) is 1. The average Bonchev–Trinajstić information content (AvgIpc) is 2.68. The van der Waals surface area contributed by atoms with Gasteiger partial charge in [-0.25, -0.2) is 0 Å². The largest absolute Gasteiger partial charge is 0.379 e. The molecule has 1 saturated heterocycles. The molecule has 1 unspecified atom stereocenters. The molecule has 0 aromatic heterocycles. The minimum Gasteiger partial charge on any atom is -0.379 e. The number of hydrogen-bond acceptors (Lipinski definition) is 5. The van der Waals surface area contributed by atoms with Crippen LogP contribution in [0.3, 0.4) is 0 Å². The van der Waals surface area contributed by atoms with Crippen molar-refractivity contribution in [2.24, 2.45) is 0 Å². The Kier molecular flexibility index (Phi) is 6.38. The normalized spacial score (nSPS) is 15.8. The van der Waals surface area contributed by atoms with Crippen LogP contribution in [0.2, 0.25) is 0 Å². The third-order valence-corrected chi connectivity index (χ3v) is 5.02. The zero-order valence-corrected chi connectivity index (χ0v) is 16.2. The summed E-state index contributed by atoms with van der Waals surface area (Å²) in [4.78, 5) is 25.5. The molecule has 1 aliphatic rings. The smallest absolute Gasteiger partial charge is 0.272 e. The quantitative estimate of drug-likeness (QED) is 0.612. The van der Waals surface area contributed by atoms with Crippen molar-refractivity contribution in [1.82, 2.24) is 10.2 Å². The second kappa shape index (κ2) is 8.95. The number of benzene rings is 2. The van der Waals surface area contributed by atoms with Crippen molar-refractivity contribution < 1.29 is 14.5 Å². The van der Waals surface area contributed by atoms with Crippen LogP contribution in [-0.2, 0) is 4.74 Å². The lowest BCUT2D eigenvalue weighted by Crippen LogP contribution is -2.43. The summed E-state index contributed by atoms with van der Waals surface area (Å²) in [6.07, 6.45) is 0. The minimum atomic E-state index is -0.441. The van der Waals surface area contributed by atoms with Crippen LogP contribution < -0.4 is 5.32 Å². The first-order chi connectivity index (χ1) is 13.5. The van der Waals surface area contributed by atoms with Crippen LogP contribution in [0.5, 0.6) is 0 Å². The van der Waals surface area contributed by atoms with E-state index in [0.717, 1.165) is 18.7 Å². The Morgan fingerprint density at radius 2 is 1.96 bits per heavy atom. The molecular formula is C21H25N3O4. The van der Waals surface area contributed by atoms with Crippen LogP contribution in [-0.4, -0.2) is 48.6 Å². The highest BCUT2D eigenvalue weighted by molar-refractivity contribution is 5.94. The topological polar surface area (TPSA) is 84.7 Å². The molecule has 1 amide bonds. The monoisotopic (exact) mass is 383 g/mol. The molecule has 3 rings (SSSR count). The van der Waals surface area contributed by atoms with Crippen LogP contribution >= 0.6 is 0 Å². The molecule has 1 aliphatic heterocycles. The summed E-state index contributed by atoms with van der Waals surface area (Å²) < 4.78 is 5.46. The Morgan fingerprint density at radius 1 is 1.21 bits per heavy atom. The first-order valence-electron chi connectivity index (χ1n) is 9.37. The van der Waals surface area contributed by atoms with Gasteiger partial charge in [-0.1, -0.05) is 29.8 Å². The Balaban J connectivity index is 1.75. The fraction of sp³-hybridized carbons (Fsp3) is 0.381. The van der Waals surface area contributed by atoms with Crippen molar-refractivity contribution in [1.29, 1.82) is 0 Å². The maximum absolute atomic E-state index is 12.6. The summed E-state index contributed by atoms with van der Waals surface area (Å²) >= 11 is 0. The molecule has 0 radical (unpaired) electrons. The molecule has 0 bridgehead atoms. The van der Waals surface area contributed by atoms with E-state index in [0.29, 0.717) is 30.9 Å². The number of nitro groups is 1. The van der Waals surface area contributed by atoms with Gasteiger partial charge in [0.05, 0.1) is 24.2 Å². The summed E-state index contributed by atoms with van der Waals surface area (Å²) in [5.41, 5.74) is 3.24. The molecule has 0 aliphatic carbocycles. The number of aryl methyl sites for hydroxylation is 2. The summed E-state index contributed by atoms with van der Waals surface area (Å²) in [6, 6.07) is 12.8. The highest BCUT2D eigenvalue weighted by atomic mass is 16.6. The van der Waals surface area contributed by atoms with Crippen LogP contribution in [0, 0.1) is 24.0 Å². The maximum atomic E-state index is 12.6. The van der Waals surface area contributed by atoms with E-state index in [1.54, 1.807) is 13.0 Å². The first-order valence-corrected chi connectivity index (χ1v) is 9.37. The molecule has 7 heteroatoms. The van der Waals surface area contributed by atoms with Crippen molar-refractivity contribution in [2.75, 3.05) is 32.8 Å². The number of morpholine rings is 1. The van der Waals surface area contributed by atoms with Gasteiger partial charge in [0, 0.05) is 36.8 Å². The van der Waals surface area contributed by atoms with Gasteiger partial charge in [-0.05, 0) is 31.5 Å². The van der Waals surface area contributed by atoms with E-state index in [-0.39, 0.29) is 17.6 Å². The van der Waals surface area contributed by atoms with E-state index in [2.05, 4.69) is 35.3 Å². The number of carbonyl (C=O) groups excluding carboxylic acids is 1. The van der Waals surface area contributed by atoms with Crippen LogP contribution in [0.4, 0.5) is 5.69 Å². The standard InChI is InChI=1S/C21H25N3O4/c1-15-4-3-5-17(12-15)20(23-8-10-28-11-9-23)14-22-21(25)18-6-7-19(24(26)27)16(2)13-18/h3-7,12-13,20H,8-11,14H2,1-2H3,(H,22,25). The van der Waals surface area contributed by atoms with Gasteiger partial charge in [0.15, 0.2) is 0 Å². The molecule has 148 valence electrons. The number of amides is 1. The SMILES string of the molecule is Cc1cccc(C(CNC(=O)c2ccc([N+](=O)[O-])c(C)c2)N2CCOCC2)c1. The molecule has 0 spiro atoms. The molecule has 0 saturated carbocycles. The fourth-order valence-corrected chi connectivity index (χ4v) is 3.52. The van der Waals surface area contributed by atoms with Gasteiger partial charge in [-0.3, -0.25) is 19.8 Å². The lowest BCUT2D eigenvalue weighted by molar-refractivity contribution is -0.385. The van der Waals surface area contributed by atoms with E-state index in [1.807, 2.05) is 6.07 Å². The molecular weight excluding hydrogens is 358 g/mol. The zero-order valence-electron chi connectivity index (χ0n) is 16.2. The maximum Gasteiger partial charge on any atom is 0.272 e. The van der Waals surface area contributed by atoms with Crippen LogP contribution in [0.25, 0.3) is 0 Å². The average molecular weight is 383 g/mol. The van der Waals surface area contributed by atoms with E-state index in [4.69, 9.17) is 4.74 Å². The van der Waals surface area contributed by atoms with Gasteiger partial charge < -0.3 is 10.1 Å². The fourth-order valence-electron chi connectivity index (χ4n) is 3.52. The van der Waals surface area contributed by atoms with Gasteiger partial charge in [-0.2, -0.15) is 0 Å². The molecule has 2 aromatic rings. The predicted molar refractivity (Wildman–Crippen MR) is 106 cm³/mol. The number of ether oxygens (including phenoxy) is 1. The van der Waals surface area contributed by atoms with Crippen LogP contribution in [0.15, 0.2) is 42.5 Å². The second-order valence-electron chi connectivity index (χ2n) is 7.05. The summed E-state index contributed by atoms with van der Waals surface area (Å²) in [7, 11) is 0. The molecule has 7 nitrogen and oxygen atoms in total. The Morgan fingerprint density at radius 3 is 2.61 bits per heavy atom. The van der Waals surface area contributed by atoms with Gasteiger partial charge in [0.1, 0.15) is 0 Å². The van der Waals surface area contributed by atoms with Gasteiger partial charge in [0.25, 0.3) is 11.6 Å². The molecule has 2 aromatic carbocycles. The number of rotatable bonds is 6. The van der Waals surface area contributed by atoms with Gasteiger partial charge in [-0.15, -0.1) is 0 Å². The predicted octanol–water partition coefficient (Wildman–Crippen LogP) is 3.01. The third kappa shape index (κ3) is 4.74. The summed E-state index contributed by atoms with van der Waals surface area (Å²) in [6.45, 7) is 7.13. The molecule has 1 fully saturated rings. The van der Waals surface area contributed by atoms with E-state index < -0.39 is 4.92 Å². The second-order valence-corrected chi connectivity index (χ2v) is 7.05. The van der Waals surface area contributed by atoms with Gasteiger partial charge >= 0.3 is 0 Å². The number of nitrogens with zero attached hydrogens (tertiary/aromatic N) is 2. The summed E-state index contributed by atoms with van der Waals surface area (Å²) in [5, 5.41) is 14.0. The molecule has 1 heterocycles. The first kappa shape index (κ1) is 20.0. The Bertz CT molecular complexity index is 862. The molecule has 1 N–H and O–H groups in total. The van der Waals surface area contributed by atoms with Crippen molar-refractivity contribution in [2.45, 2.75) is 19.9 Å². The highest BCUT2D eigenvalue weighted by Gasteiger charge is 2.24. The van der Waals surface area contributed by atoms with E-state index in [1.165, 1.54) is 17.7 Å². The van der Waals surface area contributed by atoms with Crippen molar-refractivity contribution in [3.05, 3.63) is 74.8 Å². The Hall–Kier alpha value is -2.77. The third-order valence-electron chi connectivity index (χ3n) is 5.02. The Labute approximate surface area is 164 Å². The van der Waals surface area contributed by atoms with Crippen molar-refractivity contribution in [3.63, 3.8) is 0 Å². The van der Waals surface area contributed by atoms with E-state index in [9.17, 15) is 14.9 Å². The van der Waals surface area contributed by atoms with Gasteiger partial charge in [0.2, 0.25) is 0 Å². The number of hydrogen-bond donors (Lipinski definition) is 1. The number of nitro benzene ring substituents is 1. The van der Waals surface area contributed by atoms with Crippen LogP contribution in [0.1, 0.15) is 33.1 Å². The number of carbonyl (C=O) groups is 1. The van der Waals surface area contributed by atoms with E-state index >= 15 is 0 Å². The minimum absolute atomic E-state index is 0.0162. The zero-order chi connectivity index (χ0) is 20.1. The van der Waals surface area contributed by atoms with Crippen molar-refractivity contribution >= 4 is 11.6 Å². The lowest BCUT2D eigenvalue weighted by Gasteiger charge is -2.35. The summed E-state index contributed by atoms with van der Waals surface area (Å²) in [5.74, 6) is -0.232. The molecule has 28 heavy (non-hydrogen) atoms. The molecule has 1 atom stereocenters.